The Balaban J connectivity index is 2.17. The van der Waals surface area contributed by atoms with E-state index in [0.717, 1.165) is 18.0 Å². The summed E-state index contributed by atoms with van der Waals surface area (Å²) in [4.78, 5) is 0. The SMILES string of the molecule is CCNC(c1cccc(Cl)c1F)C1CCC(CC)CC1. The van der Waals surface area contributed by atoms with Crippen LogP contribution in [0.25, 0.3) is 0 Å². The molecule has 0 bridgehead atoms. The van der Waals surface area contributed by atoms with Crippen LogP contribution in [0, 0.1) is 17.7 Å². The molecule has 0 spiro atoms. The minimum atomic E-state index is -0.252. The molecule has 3 heteroatoms. The fourth-order valence-corrected chi connectivity index (χ4v) is 3.62. The molecule has 0 saturated heterocycles. The quantitative estimate of drug-likeness (QED) is 0.773. The van der Waals surface area contributed by atoms with E-state index in [-0.39, 0.29) is 16.9 Å². The molecule has 0 radical (unpaired) electrons. The molecule has 1 atom stereocenters. The molecular formula is C17H25ClFN. The molecule has 1 aliphatic rings. The van der Waals surface area contributed by atoms with Gasteiger partial charge in [-0.15, -0.1) is 0 Å². The Labute approximate surface area is 126 Å². The molecule has 0 amide bonds. The number of hydrogen-bond acceptors (Lipinski definition) is 1. The Morgan fingerprint density at radius 3 is 2.55 bits per heavy atom. The van der Waals surface area contributed by atoms with Gasteiger partial charge in [-0.05, 0) is 37.3 Å². The minimum absolute atomic E-state index is 0.0940. The van der Waals surface area contributed by atoms with Crippen LogP contribution >= 0.6 is 11.6 Å². The van der Waals surface area contributed by atoms with E-state index in [4.69, 9.17) is 11.6 Å². The van der Waals surface area contributed by atoms with Crippen LogP contribution in [0.1, 0.15) is 57.6 Å². The highest BCUT2D eigenvalue weighted by atomic mass is 35.5. The first-order valence-corrected chi connectivity index (χ1v) is 8.22. The van der Waals surface area contributed by atoms with E-state index in [9.17, 15) is 4.39 Å². The Kier molecular flexibility index (Phi) is 5.86. The summed E-state index contributed by atoms with van der Waals surface area (Å²) < 4.78 is 14.3. The van der Waals surface area contributed by atoms with E-state index >= 15 is 0 Å². The van der Waals surface area contributed by atoms with Crippen molar-refractivity contribution >= 4 is 11.6 Å². The molecule has 112 valence electrons. The van der Waals surface area contributed by atoms with Crippen molar-refractivity contribution in [2.24, 2.45) is 11.8 Å². The molecule has 2 rings (SSSR count). The highest BCUT2D eigenvalue weighted by molar-refractivity contribution is 6.30. The summed E-state index contributed by atoms with van der Waals surface area (Å²) in [5, 5.41) is 3.70. The highest BCUT2D eigenvalue weighted by Gasteiger charge is 2.29. The van der Waals surface area contributed by atoms with E-state index in [1.807, 2.05) is 12.1 Å². The van der Waals surface area contributed by atoms with Gasteiger partial charge in [0.15, 0.2) is 0 Å². The maximum atomic E-state index is 14.3. The molecule has 0 heterocycles. The van der Waals surface area contributed by atoms with Crippen molar-refractivity contribution in [2.45, 2.75) is 52.0 Å². The van der Waals surface area contributed by atoms with Gasteiger partial charge < -0.3 is 5.32 Å². The molecule has 1 aliphatic carbocycles. The number of halogens is 2. The third-order valence-electron chi connectivity index (χ3n) is 4.68. The van der Waals surface area contributed by atoms with Crippen molar-refractivity contribution < 1.29 is 4.39 Å². The number of hydrogen-bond donors (Lipinski definition) is 1. The van der Waals surface area contributed by atoms with E-state index in [1.54, 1.807) is 6.07 Å². The van der Waals surface area contributed by atoms with Gasteiger partial charge in [0, 0.05) is 11.6 Å². The maximum absolute atomic E-state index is 14.3. The molecule has 1 N–H and O–H groups in total. The fraction of sp³-hybridized carbons (Fsp3) is 0.647. The molecule has 0 aliphatic heterocycles. The van der Waals surface area contributed by atoms with Gasteiger partial charge in [0.05, 0.1) is 5.02 Å². The molecule has 1 aromatic rings. The van der Waals surface area contributed by atoms with Crippen LogP contribution in [0.15, 0.2) is 18.2 Å². The van der Waals surface area contributed by atoms with Crippen LogP contribution in [0.2, 0.25) is 5.02 Å². The van der Waals surface area contributed by atoms with E-state index in [1.165, 1.54) is 32.1 Å². The average Bonchev–Trinajstić information content (AvgIpc) is 2.48. The van der Waals surface area contributed by atoms with Crippen molar-refractivity contribution in [1.82, 2.24) is 5.32 Å². The Morgan fingerprint density at radius 2 is 1.95 bits per heavy atom. The molecule has 1 nitrogen and oxygen atoms in total. The number of rotatable bonds is 5. The lowest BCUT2D eigenvalue weighted by molar-refractivity contribution is 0.217. The molecular weight excluding hydrogens is 273 g/mol. The zero-order valence-electron chi connectivity index (χ0n) is 12.5. The summed E-state index contributed by atoms with van der Waals surface area (Å²) in [5.74, 6) is 1.13. The van der Waals surface area contributed by atoms with Gasteiger partial charge in [-0.25, -0.2) is 4.39 Å². The summed E-state index contributed by atoms with van der Waals surface area (Å²) in [6.45, 7) is 5.20. The Hall–Kier alpha value is -0.600. The monoisotopic (exact) mass is 297 g/mol. The summed E-state index contributed by atoms with van der Waals surface area (Å²) in [5.41, 5.74) is 0.735. The molecule has 1 aromatic carbocycles. The van der Waals surface area contributed by atoms with E-state index in [0.29, 0.717) is 5.92 Å². The lowest BCUT2D eigenvalue weighted by Gasteiger charge is -2.34. The highest BCUT2D eigenvalue weighted by Crippen LogP contribution is 2.39. The van der Waals surface area contributed by atoms with Gasteiger partial charge in [-0.2, -0.15) is 0 Å². The van der Waals surface area contributed by atoms with Crippen molar-refractivity contribution in [1.29, 1.82) is 0 Å². The Bertz CT molecular complexity index is 427. The summed E-state index contributed by atoms with van der Waals surface area (Å²) in [6, 6.07) is 5.44. The van der Waals surface area contributed by atoms with Crippen molar-refractivity contribution in [3.8, 4) is 0 Å². The first kappa shape index (κ1) is 15.8. The average molecular weight is 298 g/mol. The van der Waals surface area contributed by atoms with Crippen LogP contribution < -0.4 is 5.32 Å². The lowest BCUT2D eigenvalue weighted by atomic mass is 9.76. The number of nitrogens with one attached hydrogen (secondary N) is 1. The molecule has 20 heavy (non-hydrogen) atoms. The summed E-state index contributed by atoms with van der Waals surface area (Å²) in [6.07, 6.45) is 6.17. The van der Waals surface area contributed by atoms with Crippen LogP contribution in [-0.4, -0.2) is 6.54 Å². The normalized spacial score (nSPS) is 24.6. The van der Waals surface area contributed by atoms with Crippen LogP contribution in [0.4, 0.5) is 4.39 Å². The smallest absolute Gasteiger partial charge is 0.146 e. The van der Waals surface area contributed by atoms with Gasteiger partial charge in [0.25, 0.3) is 0 Å². The van der Waals surface area contributed by atoms with Crippen molar-refractivity contribution in [3.05, 3.63) is 34.6 Å². The van der Waals surface area contributed by atoms with Gasteiger partial charge in [-0.1, -0.05) is 56.8 Å². The van der Waals surface area contributed by atoms with E-state index < -0.39 is 0 Å². The van der Waals surface area contributed by atoms with Gasteiger partial charge in [-0.3, -0.25) is 0 Å². The second-order valence-electron chi connectivity index (χ2n) is 5.87. The van der Waals surface area contributed by atoms with Gasteiger partial charge in [0.2, 0.25) is 0 Å². The summed E-state index contributed by atoms with van der Waals surface area (Å²) >= 11 is 5.94. The fourth-order valence-electron chi connectivity index (χ4n) is 3.44. The predicted octanol–water partition coefficient (Wildman–Crippen LogP) is 5.35. The second-order valence-corrected chi connectivity index (χ2v) is 6.27. The predicted molar refractivity (Wildman–Crippen MR) is 83.6 cm³/mol. The summed E-state index contributed by atoms with van der Waals surface area (Å²) in [7, 11) is 0. The van der Waals surface area contributed by atoms with Crippen LogP contribution in [-0.2, 0) is 0 Å². The van der Waals surface area contributed by atoms with Crippen LogP contribution in [0.3, 0.4) is 0 Å². The van der Waals surface area contributed by atoms with Crippen molar-refractivity contribution in [2.75, 3.05) is 6.54 Å². The second kappa shape index (κ2) is 7.42. The van der Waals surface area contributed by atoms with E-state index in [2.05, 4.69) is 19.2 Å². The van der Waals surface area contributed by atoms with Gasteiger partial charge in [0.1, 0.15) is 5.82 Å². The van der Waals surface area contributed by atoms with Crippen molar-refractivity contribution in [3.63, 3.8) is 0 Å². The topological polar surface area (TPSA) is 12.0 Å². The zero-order valence-corrected chi connectivity index (χ0v) is 13.2. The maximum Gasteiger partial charge on any atom is 0.146 e. The molecule has 1 saturated carbocycles. The number of benzene rings is 1. The standard InChI is InChI=1S/C17H25ClFN/c1-3-12-8-10-13(11-9-12)17(20-4-2)14-6-5-7-15(18)16(14)19/h5-7,12-13,17,20H,3-4,8-11H2,1-2H3. The zero-order chi connectivity index (χ0) is 14.5. The largest absolute Gasteiger partial charge is 0.310 e. The lowest BCUT2D eigenvalue weighted by Crippen LogP contribution is -2.31. The molecule has 0 aromatic heterocycles. The van der Waals surface area contributed by atoms with Crippen LogP contribution in [0.5, 0.6) is 0 Å². The molecule has 1 unspecified atom stereocenters. The minimum Gasteiger partial charge on any atom is -0.310 e. The third-order valence-corrected chi connectivity index (χ3v) is 4.97. The Morgan fingerprint density at radius 1 is 1.25 bits per heavy atom. The first-order chi connectivity index (χ1) is 9.67. The first-order valence-electron chi connectivity index (χ1n) is 7.84. The third kappa shape index (κ3) is 3.53. The molecule has 1 fully saturated rings. The van der Waals surface area contributed by atoms with Gasteiger partial charge >= 0.3 is 0 Å².